The number of hydrogen-bond donors (Lipinski definition) is 3. The maximum atomic E-state index is 13.8. The van der Waals surface area contributed by atoms with Crippen LogP contribution in [-0.4, -0.2) is 62.7 Å². The zero-order valence-corrected chi connectivity index (χ0v) is 25.2. The number of rotatable bonds is 13. The summed E-state index contributed by atoms with van der Waals surface area (Å²) in [6.07, 6.45) is 8.60. The molecule has 2 amide bonds. The highest BCUT2D eigenvalue weighted by atomic mass is 16.5. The fraction of sp³-hybridized carbons (Fsp3) is 0.471. The predicted molar refractivity (Wildman–Crippen MR) is 167 cm³/mol. The van der Waals surface area contributed by atoms with Crippen molar-refractivity contribution in [2.24, 2.45) is 17.8 Å². The Labute approximate surface area is 258 Å². The van der Waals surface area contributed by atoms with Gasteiger partial charge in [-0.25, -0.2) is 0 Å². The summed E-state index contributed by atoms with van der Waals surface area (Å²) in [7, 11) is -1.05. The zero-order valence-electron chi connectivity index (χ0n) is 25.2. The van der Waals surface area contributed by atoms with Gasteiger partial charge >= 0.3 is 13.1 Å². The maximum Gasteiger partial charge on any atom is 0.455 e. The number of carboxylic acid groups (broad SMARTS) is 1. The van der Waals surface area contributed by atoms with Crippen LogP contribution in [0.25, 0.3) is 11.6 Å². The molecule has 232 valence electrons. The van der Waals surface area contributed by atoms with Crippen LogP contribution in [0.15, 0.2) is 59.8 Å². The molecule has 2 aliphatic heterocycles. The van der Waals surface area contributed by atoms with E-state index in [-0.39, 0.29) is 36.2 Å². The van der Waals surface area contributed by atoms with Gasteiger partial charge in [-0.2, -0.15) is 0 Å². The highest BCUT2D eigenvalue weighted by Crippen LogP contribution is 2.51. The molecule has 0 unspecified atom stereocenters. The Kier molecular flexibility index (Phi) is 10.3. The number of unbranched alkanes of at least 4 members (excludes halogenated alkanes) is 2. The third-order valence-corrected chi connectivity index (χ3v) is 9.16. The number of aromatic nitrogens is 1. The standard InChI is InChI=1S/C34H41BN2O7/c1-2-10-24-20-25-32(34(42)37(33(25)41)18-9-3-4-14-30(39)40)26-21-35(43)44-29(31(24)26)16-15-22(27-12-7-8-17-36-27)19-23-11-5-6-13-28(23)38/h5-8,11-13,17,19,25-26,29,32,38,43H,2-4,9-10,14-16,18,20-21H2,1H3,(H,39,40)/b22-19-/t25-,26+,29-,32-/m1/s1. The molecule has 9 nitrogen and oxygen atoms in total. The largest absolute Gasteiger partial charge is 0.507 e. The van der Waals surface area contributed by atoms with Gasteiger partial charge in [0, 0.05) is 24.7 Å². The van der Waals surface area contributed by atoms with E-state index in [0.29, 0.717) is 50.6 Å². The van der Waals surface area contributed by atoms with Crippen molar-refractivity contribution in [3.63, 3.8) is 0 Å². The van der Waals surface area contributed by atoms with Gasteiger partial charge in [-0.1, -0.05) is 49.6 Å². The van der Waals surface area contributed by atoms with Gasteiger partial charge in [0.1, 0.15) is 5.75 Å². The second-order valence-corrected chi connectivity index (χ2v) is 12.1. The summed E-state index contributed by atoms with van der Waals surface area (Å²) < 4.78 is 6.18. The number of phenols is 1. The van der Waals surface area contributed by atoms with E-state index in [9.17, 15) is 24.5 Å². The average molecular weight is 601 g/mol. The Bertz CT molecular complexity index is 1430. The van der Waals surface area contributed by atoms with E-state index >= 15 is 0 Å². The van der Waals surface area contributed by atoms with Gasteiger partial charge in [0.25, 0.3) is 0 Å². The molecule has 1 aliphatic carbocycles. The van der Waals surface area contributed by atoms with Crippen LogP contribution in [0.1, 0.15) is 76.0 Å². The summed E-state index contributed by atoms with van der Waals surface area (Å²) in [6.45, 7) is 2.39. The fourth-order valence-electron chi connectivity index (χ4n) is 7.22. The minimum absolute atomic E-state index is 0.0753. The fourth-order valence-corrected chi connectivity index (χ4v) is 7.22. The highest BCUT2D eigenvalue weighted by Gasteiger charge is 2.56. The first-order chi connectivity index (χ1) is 21.3. The van der Waals surface area contributed by atoms with Crippen LogP contribution in [0.3, 0.4) is 0 Å². The number of hydrogen-bond acceptors (Lipinski definition) is 7. The molecule has 0 spiro atoms. The van der Waals surface area contributed by atoms with E-state index in [1.165, 1.54) is 4.90 Å². The van der Waals surface area contributed by atoms with Crippen molar-refractivity contribution in [3.05, 3.63) is 71.1 Å². The molecule has 10 heteroatoms. The SMILES string of the molecule is CCCC1=C2[C@@H](CC/C(=C/c3ccccc3O)c3ccccn3)OB(O)C[C@@H]2[C@@H]2C(=O)N(CCCCCC(=O)O)C(=O)[C@@H]2C1. The van der Waals surface area contributed by atoms with Gasteiger partial charge < -0.3 is 19.9 Å². The van der Waals surface area contributed by atoms with Crippen molar-refractivity contribution in [2.75, 3.05) is 6.54 Å². The summed E-state index contributed by atoms with van der Waals surface area (Å²) in [5.41, 5.74) is 4.60. The summed E-state index contributed by atoms with van der Waals surface area (Å²) in [4.78, 5) is 44.1. The number of carbonyl (C=O) groups excluding carboxylic acids is 2. The van der Waals surface area contributed by atoms with E-state index < -0.39 is 31.0 Å². The van der Waals surface area contributed by atoms with Crippen molar-refractivity contribution in [3.8, 4) is 5.75 Å². The van der Waals surface area contributed by atoms with Gasteiger partial charge in [0.2, 0.25) is 11.8 Å². The van der Waals surface area contributed by atoms with E-state index in [4.69, 9.17) is 9.76 Å². The summed E-state index contributed by atoms with van der Waals surface area (Å²) >= 11 is 0. The number of para-hydroxylation sites is 1. The molecule has 2 saturated heterocycles. The van der Waals surface area contributed by atoms with Gasteiger partial charge in [-0.05, 0) is 86.2 Å². The normalized spacial score (nSPS) is 23.6. The van der Waals surface area contributed by atoms with Gasteiger partial charge in [-0.3, -0.25) is 24.3 Å². The van der Waals surface area contributed by atoms with Crippen molar-refractivity contribution in [1.29, 1.82) is 0 Å². The summed E-state index contributed by atoms with van der Waals surface area (Å²) in [5.74, 6) is -2.24. The lowest BCUT2D eigenvalue weighted by molar-refractivity contribution is -0.141. The molecule has 0 radical (unpaired) electrons. The molecule has 2 fully saturated rings. The first-order valence-corrected chi connectivity index (χ1v) is 15.8. The number of likely N-dealkylation sites (tertiary alicyclic amines) is 1. The quantitative estimate of drug-likeness (QED) is 0.121. The Morgan fingerprint density at radius 3 is 2.59 bits per heavy atom. The molecule has 4 atom stereocenters. The van der Waals surface area contributed by atoms with Crippen LogP contribution >= 0.6 is 0 Å². The number of pyridine rings is 1. The molecule has 0 bridgehead atoms. The van der Waals surface area contributed by atoms with Crippen molar-refractivity contribution < 1.29 is 34.3 Å². The van der Waals surface area contributed by atoms with Crippen molar-refractivity contribution in [1.82, 2.24) is 9.88 Å². The zero-order chi connectivity index (χ0) is 31.2. The van der Waals surface area contributed by atoms with Crippen LogP contribution in [0.2, 0.25) is 6.32 Å². The molecule has 1 aromatic heterocycles. The van der Waals surface area contributed by atoms with Crippen LogP contribution in [0, 0.1) is 17.8 Å². The monoisotopic (exact) mass is 600 g/mol. The number of carbonyl (C=O) groups is 3. The lowest BCUT2D eigenvalue weighted by Gasteiger charge is -2.43. The topological polar surface area (TPSA) is 137 Å². The van der Waals surface area contributed by atoms with E-state index in [1.54, 1.807) is 18.3 Å². The van der Waals surface area contributed by atoms with Crippen LogP contribution in [0.5, 0.6) is 5.75 Å². The number of amides is 2. The van der Waals surface area contributed by atoms with Crippen LogP contribution in [0.4, 0.5) is 0 Å². The van der Waals surface area contributed by atoms with E-state index in [0.717, 1.165) is 35.3 Å². The maximum absolute atomic E-state index is 13.8. The lowest BCUT2D eigenvalue weighted by Crippen LogP contribution is -2.46. The molecular formula is C34H41BN2O7. The number of aliphatic carboxylic acids is 1. The molecule has 0 saturated carbocycles. The number of phenolic OH excluding ortho intramolecular Hbond substituents is 1. The number of nitrogens with zero attached hydrogens (tertiary/aromatic N) is 2. The molecular weight excluding hydrogens is 559 g/mol. The molecule has 1 aromatic carbocycles. The number of aromatic hydroxyl groups is 1. The molecule has 44 heavy (non-hydrogen) atoms. The Balaban J connectivity index is 1.39. The molecule has 2 aromatic rings. The Hall–Kier alpha value is -3.76. The minimum Gasteiger partial charge on any atom is -0.507 e. The number of benzene rings is 1. The second-order valence-electron chi connectivity index (χ2n) is 12.1. The summed E-state index contributed by atoms with van der Waals surface area (Å²) in [6, 6.07) is 12.8. The van der Waals surface area contributed by atoms with Gasteiger partial charge in [-0.15, -0.1) is 0 Å². The van der Waals surface area contributed by atoms with E-state index in [2.05, 4.69) is 11.9 Å². The predicted octanol–water partition coefficient (Wildman–Crippen LogP) is 5.35. The van der Waals surface area contributed by atoms with Crippen molar-refractivity contribution in [2.45, 2.75) is 77.1 Å². The van der Waals surface area contributed by atoms with Crippen molar-refractivity contribution >= 4 is 36.6 Å². The molecule has 3 aliphatic rings. The number of imide groups is 1. The van der Waals surface area contributed by atoms with E-state index in [1.807, 2.05) is 36.4 Å². The highest BCUT2D eigenvalue weighted by molar-refractivity contribution is 6.43. The molecule has 3 N–H and O–H groups in total. The summed E-state index contributed by atoms with van der Waals surface area (Å²) in [5, 5.41) is 30.3. The minimum atomic E-state index is -1.05. The number of carboxylic acids is 1. The number of fused-ring (bicyclic) bond motifs is 3. The third-order valence-electron chi connectivity index (χ3n) is 9.16. The van der Waals surface area contributed by atoms with Crippen LogP contribution in [-0.2, 0) is 19.0 Å². The Morgan fingerprint density at radius 1 is 1.07 bits per heavy atom. The smallest absolute Gasteiger partial charge is 0.455 e. The van der Waals surface area contributed by atoms with Crippen LogP contribution < -0.4 is 0 Å². The lowest BCUT2D eigenvalue weighted by atomic mass is 9.58. The first kappa shape index (κ1) is 31.7. The Morgan fingerprint density at radius 2 is 1.86 bits per heavy atom. The third kappa shape index (κ3) is 6.97. The first-order valence-electron chi connectivity index (χ1n) is 15.8. The average Bonchev–Trinajstić information content (AvgIpc) is 3.24. The number of allylic oxidation sites excluding steroid dienone is 2. The molecule has 3 heterocycles. The van der Waals surface area contributed by atoms with Gasteiger partial charge in [0.05, 0.1) is 23.6 Å². The molecule has 5 rings (SSSR count). The second kappa shape index (κ2) is 14.4. The van der Waals surface area contributed by atoms with Gasteiger partial charge in [0.15, 0.2) is 0 Å².